The standard InChI is InChI=1S/C19H18Cl2N4O2/c1-18(2)8-11(16(22)26)19(3)24-9-23-14(7-15(24)17(27)25(18)19)10-4-5-12(20)13(21)6-10/h4-7,9,11H,8H2,1-3H3,(H-,22,26)/p+1. The first-order chi connectivity index (χ1) is 12.6. The second kappa shape index (κ2) is 5.66. The van der Waals surface area contributed by atoms with E-state index in [-0.39, 0.29) is 5.91 Å². The van der Waals surface area contributed by atoms with E-state index >= 15 is 0 Å². The summed E-state index contributed by atoms with van der Waals surface area (Å²) in [5.41, 5.74) is 6.13. The van der Waals surface area contributed by atoms with E-state index in [0.717, 1.165) is 5.56 Å². The first-order valence-electron chi connectivity index (χ1n) is 8.59. The lowest BCUT2D eigenvalue weighted by atomic mass is 9.90. The number of rotatable bonds is 2. The predicted molar refractivity (Wildman–Crippen MR) is 101 cm³/mol. The molecule has 2 atom stereocenters. The van der Waals surface area contributed by atoms with Crippen LogP contribution in [0.15, 0.2) is 30.6 Å². The average molecular weight is 406 g/mol. The third kappa shape index (κ3) is 2.39. The summed E-state index contributed by atoms with van der Waals surface area (Å²) in [6.45, 7) is 5.77. The van der Waals surface area contributed by atoms with Gasteiger partial charge in [0.15, 0.2) is 17.1 Å². The van der Waals surface area contributed by atoms with Crippen LogP contribution in [0.4, 0.5) is 0 Å². The fourth-order valence-corrected chi connectivity index (χ4v) is 4.85. The van der Waals surface area contributed by atoms with Crippen molar-refractivity contribution in [1.29, 1.82) is 0 Å². The molecule has 2 N–H and O–H groups in total. The maximum absolute atomic E-state index is 13.2. The second-order valence-electron chi connectivity index (χ2n) is 7.86. The van der Waals surface area contributed by atoms with Gasteiger partial charge in [-0.15, -0.1) is 0 Å². The molecule has 1 aromatic heterocycles. The van der Waals surface area contributed by atoms with Gasteiger partial charge in [0.1, 0.15) is 5.92 Å². The van der Waals surface area contributed by atoms with Crippen molar-refractivity contribution in [2.45, 2.75) is 38.4 Å². The van der Waals surface area contributed by atoms with Gasteiger partial charge in [-0.05, 0) is 50.4 Å². The number of benzene rings is 1. The van der Waals surface area contributed by atoms with Crippen LogP contribution in [0.2, 0.25) is 10.0 Å². The fraction of sp³-hybridized carbons (Fsp3) is 0.368. The molecule has 0 spiro atoms. The van der Waals surface area contributed by atoms with Gasteiger partial charge >= 0.3 is 0 Å². The van der Waals surface area contributed by atoms with Crippen LogP contribution in [0.3, 0.4) is 0 Å². The molecule has 2 aliphatic rings. The van der Waals surface area contributed by atoms with E-state index in [4.69, 9.17) is 28.9 Å². The number of primary amides is 1. The SMILES string of the molecule is CC1(C)CC(C(N)=O)C2(C)N1C(=O)c1cc(-c3ccc(Cl)c(Cl)c3)nc[n+]12. The maximum atomic E-state index is 13.2. The zero-order chi connectivity index (χ0) is 19.7. The van der Waals surface area contributed by atoms with Crippen molar-refractivity contribution in [3.63, 3.8) is 0 Å². The van der Waals surface area contributed by atoms with Crippen LogP contribution < -0.4 is 10.3 Å². The highest BCUT2D eigenvalue weighted by Crippen LogP contribution is 2.48. The molecule has 2 aliphatic heterocycles. The molecule has 1 aromatic carbocycles. The predicted octanol–water partition coefficient (Wildman–Crippen LogP) is 2.76. The largest absolute Gasteiger partial charge is 0.369 e. The molecular formula is C19H19Cl2N4O2+. The van der Waals surface area contributed by atoms with Crippen LogP contribution in [0.5, 0.6) is 0 Å². The molecule has 2 amide bonds. The minimum atomic E-state index is -0.870. The van der Waals surface area contributed by atoms with E-state index in [1.54, 1.807) is 40.1 Å². The third-order valence-electron chi connectivity index (χ3n) is 5.74. The van der Waals surface area contributed by atoms with Gasteiger partial charge in [0, 0.05) is 17.2 Å². The number of amides is 2. The first-order valence-corrected chi connectivity index (χ1v) is 9.34. The van der Waals surface area contributed by atoms with Crippen LogP contribution in [0, 0.1) is 5.92 Å². The first kappa shape index (κ1) is 18.2. The Balaban J connectivity index is 1.88. The van der Waals surface area contributed by atoms with Gasteiger partial charge in [-0.1, -0.05) is 23.2 Å². The van der Waals surface area contributed by atoms with Crippen LogP contribution in [0.25, 0.3) is 11.3 Å². The lowest BCUT2D eigenvalue weighted by molar-refractivity contribution is -0.775. The van der Waals surface area contributed by atoms with Crippen molar-refractivity contribution in [2.24, 2.45) is 11.7 Å². The highest BCUT2D eigenvalue weighted by Gasteiger charge is 2.67. The quantitative estimate of drug-likeness (QED) is 0.779. The van der Waals surface area contributed by atoms with Crippen LogP contribution >= 0.6 is 23.2 Å². The van der Waals surface area contributed by atoms with Crippen molar-refractivity contribution >= 4 is 35.0 Å². The highest BCUT2D eigenvalue weighted by molar-refractivity contribution is 6.42. The Morgan fingerprint density at radius 1 is 1.26 bits per heavy atom. The van der Waals surface area contributed by atoms with E-state index in [1.165, 1.54) is 0 Å². The highest BCUT2D eigenvalue weighted by atomic mass is 35.5. The summed E-state index contributed by atoms with van der Waals surface area (Å²) < 4.78 is 1.76. The van der Waals surface area contributed by atoms with Crippen LogP contribution in [-0.4, -0.2) is 27.2 Å². The molecule has 2 aromatic rings. The molecule has 4 rings (SSSR count). The number of halogens is 2. The topological polar surface area (TPSA) is 80.2 Å². The van der Waals surface area contributed by atoms with Gasteiger partial charge in [0.05, 0.1) is 10.0 Å². The number of hydrogen-bond acceptors (Lipinski definition) is 3. The Kier molecular flexibility index (Phi) is 3.81. The number of hydrogen-bond donors (Lipinski definition) is 1. The van der Waals surface area contributed by atoms with Gasteiger partial charge in [-0.25, -0.2) is 4.57 Å². The molecule has 0 saturated carbocycles. The minimum Gasteiger partial charge on any atom is -0.369 e. The lowest BCUT2D eigenvalue weighted by Crippen LogP contribution is -2.63. The molecule has 27 heavy (non-hydrogen) atoms. The monoisotopic (exact) mass is 405 g/mol. The van der Waals surface area contributed by atoms with Gasteiger partial charge < -0.3 is 5.73 Å². The van der Waals surface area contributed by atoms with Crippen molar-refractivity contribution in [1.82, 2.24) is 9.88 Å². The van der Waals surface area contributed by atoms with Crippen LogP contribution in [-0.2, 0) is 10.5 Å². The van der Waals surface area contributed by atoms with Crippen molar-refractivity contribution in [3.05, 3.63) is 46.3 Å². The van der Waals surface area contributed by atoms with Gasteiger partial charge in [0.2, 0.25) is 5.91 Å². The minimum absolute atomic E-state index is 0.144. The molecule has 2 unspecified atom stereocenters. The maximum Gasteiger partial charge on any atom is 0.297 e. The van der Waals surface area contributed by atoms with E-state index in [1.807, 2.05) is 20.8 Å². The second-order valence-corrected chi connectivity index (χ2v) is 8.68. The Morgan fingerprint density at radius 3 is 2.59 bits per heavy atom. The van der Waals surface area contributed by atoms with Crippen molar-refractivity contribution < 1.29 is 14.2 Å². The Labute approximate surface area is 166 Å². The Morgan fingerprint density at radius 2 is 1.96 bits per heavy atom. The molecule has 1 saturated heterocycles. The molecule has 0 radical (unpaired) electrons. The molecular weight excluding hydrogens is 387 g/mol. The molecule has 3 heterocycles. The van der Waals surface area contributed by atoms with Crippen molar-refractivity contribution in [2.75, 3.05) is 0 Å². The number of nitrogens with two attached hydrogens (primary N) is 1. The summed E-state index contributed by atoms with van der Waals surface area (Å²) in [5.74, 6) is -1.06. The summed E-state index contributed by atoms with van der Waals surface area (Å²) in [7, 11) is 0. The summed E-state index contributed by atoms with van der Waals surface area (Å²) in [6, 6.07) is 6.92. The normalized spacial score (nSPS) is 25.4. The summed E-state index contributed by atoms with van der Waals surface area (Å²) >= 11 is 12.1. The lowest BCUT2D eigenvalue weighted by Gasteiger charge is -2.34. The number of nitrogens with zero attached hydrogens (tertiary/aromatic N) is 3. The molecule has 8 heteroatoms. The van der Waals surface area contributed by atoms with E-state index in [9.17, 15) is 9.59 Å². The molecule has 140 valence electrons. The molecule has 1 fully saturated rings. The smallest absolute Gasteiger partial charge is 0.297 e. The average Bonchev–Trinajstić information content (AvgIpc) is 2.97. The van der Waals surface area contributed by atoms with Gasteiger partial charge in [0.25, 0.3) is 12.2 Å². The van der Waals surface area contributed by atoms with Gasteiger partial charge in [-0.2, -0.15) is 0 Å². The number of aromatic nitrogens is 2. The summed E-state index contributed by atoms with van der Waals surface area (Å²) in [6.07, 6.45) is 2.11. The Hall–Kier alpha value is -2.18. The zero-order valence-corrected chi connectivity index (χ0v) is 16.7. The van der Waals surface area contributed by atoms with Gasteiger partial charge in [-0.3, -0.25) is 14.5 Å². The number of fused-ring (bicyclic) bond motifs is 3. The molecule has 0 aliphatic carbocycles. The zero-order valence-electron chi connectivity index (χ0n) is 15.2. The van der Waals surface area contributed by atoms with Crippen molar-refractivity contribution in [3.8, 4) is 11.3 Å². The fourth-order valence-electron chi connectivity index (χ4n) is 4.55. The van der Waals surface area contributed by atoms with E-state index < -0.39 is 23.0 Å². The summed E-state index contributed by atoms with van der Waals surface area (Å²) in [4.78, 5) is 31.6. The molecule has 6 nitrogen and oxygen atoms in total. The summed E-state index contributed by atoms with van der Waals surface area (Å²) in [5, 5.41) is 0.865. The van der Waals surface area contributed by atoms with E-state index in [2.05, 4.69) is 4.98 Å². The molecule has 0 bridgehead atoms. The van der Waals surface area contributed by atoms with Crippen LogP contribution in [0.1, 0.15) is 37.7 Å². The third-order valence-corrected chi connectivity index (χ3v) is 6.47. The number of carbonyl (C=O) groups excluding carboxylic acids is 2. The van der Waals surface area contributed by atoms with E-state index in [0.29, 0.717) is 27.9 Å². The Bertz CT molecular complexity index is 1010. The number of carbonyl (C=O) groups is 2.